The van der Waals surface area contributed by atoms with Crippen LogP contribution in [0.1, 0.15) is 29.2 Å². The van der Waals surface area contributed by atoms with E-state index in [4.69, 9.17) is 0 Å². The van der Waals surface area contributed by atoms with Crippen molar-refractivity contribution in [3.8, 4) is 0 Å². The topological polar surface area (TPSA) is 53.5 Å². The van der Waals surface area contributed by atoms with Crippen molar-refractivity contribution in [3.63, 3.8) is 0 Å². The van der Waals surface area contributed by atoms with Gasteiger partial charge in [-0.15, -0.1) is 0 Å². The number of hydrogen-bond acceptors (Lipinski definition) is 5. The van der Waals surface area contributed by atoms with Crippen LogP contribution in [0.15, 0.2) is 12.3 Å². The molecule has 0 atom stereocenters. The van der Waals surface area contributed by atoms with Crippen LogP contribution in [0.3, 0.4) is 0 Å². The third kappa shape index (κ3) is 3.89. The van der Waals surface area contributed by atoms with Gasteiger partial charge in [-0.05, 0) is 13.8 Å². The van der Waals surface area contributed by atoms with E-state index in [0.29, 0.717) is 22.2 Å². The SMILES string of the molecule is CCN(C(C)=O)c1nc(C)c(C(=O)C=CN(C)C)s1. The predicted octanol–water partition coefficient (Wildman–Crippen LogP) is 2.08. The lowest BCUT2D eigenvalue weighted by molar-refractivity contribution is -0.116. The second-order valence-electron chi connectivity index (χ2n) is 4.32. The molecule has 104 valence electrons. The Labute approximate surface area is 117 Å². The van der Waals surface area contributed by atoms with E-state index >= 15 is 0 Å². The summed E-state index contributed by atoms with van der Waals surface area (Å²) >= 11 is 1.25. The van der Waals surface area contributed by atoms with Gasteiger partial charge in [0.1, 0.15) is 0 Å². The van der Waals surface area contributed by atoms with E-state index in [1.807, 2.05) is 21.0 Å². The summed E-state index contributed by atoms with van der Waals surface area (Å²) in [5, 5.41) is 0.578. The van der Waals surface area contributed by atoms with Gasteiger partial charge in [0.05, 0.1) is 10.6 Å². The van der Waals surface area contributed by atoms with Gasteiger partial charge in [-0.3, -0.25) is 14.5 Å². The standard InChI is InChI=1S/C13H19N3O2S/c1-6-16(10(3)17)13-14-9(2)12(19-13)11(18)7-8-15(4)5/h7-8H,6H2,1-5H3. The summed E-state index contributed by atoms with van der Waals surface area (Å²) in [6.45, 7) is 5.70. The maximum atomic E-state index is 12.0. The van der Waals surface area contributed by atoms with Crippen LogP contribution in [0.5, 0.6) is 0 Å². The highest BCUT2D eigenvalue weighted by molar-refractivity contribution is 7.18. The molecule has 1 rings (SSSR count). The van der Waals surface area contributed by atoms with Crippen LogP contribution < -0.4 is 4.90 Å². The lowest BCUT2D eigenvalue weighted by Crippen LogP contribution is -2.27. The molecule has 0 spiro atoms. The second kappa shape index (κ2) is 6.47. The van der Waals surface area contributed by atoms with Gasteiger partial charge in [-0.25, -0.2) is 4.98 Å². The number of aryl methyl sites for hydroxylation is 1. The summed E-state index contributed by atoms with van der Waals surface area (Å²) in [6.07, 6.45) is 3.21. The van der Waals surface area contributed by atoms with E-state index in [1.165, 1.54) is 24.3 Å². The zero-order valence-corrected chi connectivity index (χ0v) is 12.7. The van der Waals surface area contributed by atoms with Crippen molar-refractivity contribution in [2.45, 2.75) is 20.8 Å². The first-order valence-corrected chi connectivity index (χ1v) is 6.83. The lowest BCUT2D eigenvalue weighted by atomic mass is 10.3. The van der Waals surface area contributed by atoms with Crippen molar-refractivity contribution in [1.82, 2.24) is 9.88 Å². The number of carbonyl (C=O) groups is 2. The molecule has 0 saturated carbocycles. The average molecular weight is 281 g/mol. The Morgan fingerprint density at radius 1 is 1.37 bits per heavy atom. The summed E-state index contributed by atoms with van der Waals surface area (Å²) in [6, 6.07) is 0. The molecular formula is C13H19N3O2S. The average Bonchev–Trinajstić information content (AvgIpc) is 2.68. The molecule has 0 aliphatic heterocycles. The first kappa shape index (κ1) is 15.4. The summed E-state index contributed by atoms with van der Waals surface area (Å²) in [7, 11) is 3.70. The highest BCUT2D eigenvalue weighted by Gasteiger charge is 2.18. The maximum absolute atomic E-state index is 12.0. The van der Waals surface area contributed by atoms with E-state index in [0.717, 1.165) is 0 Å². The zero-order valence-electron chi connectivity index (χ0n) is 11.9. The van der Waals surface area contributed by atoms with E-state index in [-0.39, 0.29) is 11.7 Å². The van der Waals surface area contributed by atoms with Crippen molar-refractivity contribution in [2.75, 3.05) is 25.5 Å². The fourth-order valence-electron chi connectivity index (χ4n) is 1.51. The van der Waals surface area contributed by atoms with Gasteiger partial charge in [-0.1, -0.05) is 11.3 Å². The molecule has 0 unspecified atom stereocenters. The number of hydrogen-bond donors (Lipinski definition) is 0. The number of amides is 1. The van der Waals surface area contributed by atoms with Gasteiger partial charge >= 0.3 is 0 Å². The minimum Gasteiger partial charge on any atom is -0.383 e. The van der Waals surface area contributed by atoms with Gasteiger partial charge < -0.3 is 4.90 Å². The third-order valence-corrected chi connectivity index (χ3v) is 3.66. The van der Waals surface area contributed by atoms with Crippen molar-refractivity contribution in [3.05, 3.63) is 22.8 Å². The van der Waals surface area contributed by atoms with Gasteiger partial charge in [0, 0.05) is 39.8 Å². The normalized spacial score (nSPS) is 10.8. The van der Waals surface area contributed by atoms with Crippen LogP contribution in [0.2, 0.25) is 0 Å². The van der Waals surface area contributed by atoms with Crippen LogP contribution in [0.25, 0.3) is 0 Å². The van der Waals surface area contributed by atoms with Gasteiger partial charge in [-0.2, -0.15) is 0 Å². The molecule has 5 nitrogen and oxygen atoms in total. The molecule has 1 amide bonds. The number of anilines is 1. The molecule has 0 saturated heterocycles. The first-order chi connectivity index (χ1) is 8.86. The summed E-state index contributed by atoms with van der Waals surface area (Å²) in [5.41, 5.74) is 0.660. The first-order valence-electron chi connectivity index (χ1n) is 6.01. The Morgan fingerprint density at radius 3 is 2.47 bits per heavy atom. The number of thiazole rings is 1. The van der Waals surface area contributed by atoms with E-state index < -0.39 is 0 Å². The molecule has 0 aliphatic carbocycles. The third-order valence-electron chi connectivity index (χ3n) is 2.46. The monoisotopic (exact) mass is 281 g/mol. The van der Waals surface area contributed by atoms with Crippen LogP contribution in [0, 0.1) is 6.92 Å². The Bertz CT molecular complexity index is 506. The molecule has 1 aromatic heterocycles. The smallest absolute Gasteiger partial charge is 0.225 e. The molecule has 1 heterocycles. The van der Waals surface area contributed by atoms with Crippen molar-refractivity contribution in [1.29, 1.82) is 0 Å². The summed E-state index contributed by atoms with van der Waals surface area (Å²) in [4.78, 5) is 31.7. The van der Waals surface area contributed by atoms with Crippen molar-refractivity contribution >= 4 is 28.2 Å². The minimum atomic E-state index is -0.0884. The number of nitrogens with zero attached hydrogens (tertiary/aromatic N) is 3. The zero-order chi connectivity index (χ0) is 14.6. The Kier molecular flexibility index (Phi) is 5.23. The Balaban J connectivity index is 3.02. The number of carbonyl (C=O) groups excluding carboxylic acids is 2. The second-order valence-corrected chi connectivity index (χ2v) is 5.30. The Hall–Kier alpha value is -1.69. The largest absolute Gasteiger partial charge is 0.383 e. The molecule has 0 N–H and O–H groups in total. The van der Waals surface area contributed by atoms with Gasteiger partial charge in [0.2, 0.25) is 5.91 Å². The fraction of sp³-hybridized carbons (Fsp3) is 0.462. The predicted molar refractivity (Wildman–Crippen MR) is 77.7 cm³/mol. The number of allylic oxidation sites excluding steroid dienone is 1. The number of ketones is 1. The molecular weight excluding hydrogens is 262 g/mol. The van der Waals surface area contributed by atoms with Gasteiger partial charge in [0.25, 0.3) is 0 Å². The van der Waals surface area contributed by atoms with Gasteiger partial charge in [0.15, 0.2) is 10.9 Å². The van der Waals surface area contributed by atoms with Crippen LogP contribution in [-0.4, -0.2) is 42.2 Å². The van der Waals surface area contributed by atoms with Crippen molar-refractivity contribution < 1.29 is 9.59 Å². The molecule has 19 heavy (non-hydrogen) atoms. The molecule has 6 heteroatoms. The highest BCUT2D eigenvalue weighted by atomic mass is 32.1. The molecule has 0 bridgehead atoms. The molecule has 0 aromatic carbocycles. The van der Waals surface area contributed by atoms with Crippen molar-refractivity contribution in [2.24, 2.45) is 0 Å². The Morgan fingerprint density at radius 2 is 2.00 bits per heavy atom. The van der Waals surface area contributed by atoms with Crippen LogP contribution in [-0.2, 0) is 4.79 Å². The number of aromatic nitrogens is 1. The maximum Gasteiger partial charge on any atom is 0.225 e. The lowest BCUT2D eigenvalue weighted by Gasteiger charge is -2.14. The van der Waals surface area contributed by atoms with E-state index in [9.17, 15) is 9.59 Å². The molecule has 0 fully saturated rings. The van der Waals surface area contributed by atoms with E-state index in [1.54, 1.807) is 22.9 Å². The fourth-order valence-corrected chi connectivity index (χ4v) is 2.61. The molecule has 0 aliphatic rings. The highest BCUT2D eigenvalue weighted by Crippen LogP contribution is 2.26. The summed E-state index contributed by atoms with van der Waals surface area (Å²) < 4.78 is 0. The minimum absolute atomic E-state index is 0.0703. The summed E-state index contributed by atoms with van der Waals surface area (Å²) in [5.74, 6) is -0.159. The van der Waals surface area contributed by atoms with Crippen LogP contribution in [0.4, 0.5) is 5.13 Å². The van der Waals surface area contributed by atoms with Crippen LogP contribution >= 0.6 is 11.3 Å². The quantitative estimate of drug-likeness (QED) is 0.612. The van der Waals surface area contributed by atoms with E-state index in [2.05, 4.69) is 4.98 Å². The molecule has 1 aromatic rings. The molecule has 0 radical (unpaired) electrons. The number of rotatable bonds is 5.